The molecule has 0 bridgehead atoms. The molecule has 1 aromatic carbocycles. The third-order valence-electron chi connectivity index (χ3n) is 7.50. The Labute approximate surface area is 209 Å². The van der Waals surface area contributed by atoms with Crippen LogP contribution in [-0.2, 0) is 20.6 Å². The highest BCUT2D eigenvalue weighted by Crippen LogP contribution is 2.46. The van der Waals surface area contributed by atoms with Gasteiger partial charge in [0, 0.05) is 13.0 Å². The normalized spacial score (nSPS) is 42.4. The van der Waals surface area contributed by atoms with Crippen molar-refractivity contribution in [3.8, 4) is 5.75 Å². The summed E-state index contributed by atoms with van der Waals surface area (Å²) in [5.74, 6) is -1.81. The fraction of sp³-hybridized carbons (Fsp3) is 0.750. The molecule has 7 N–H and O–H groups in total. The summed E-state index contributed by atoms with van der Waals surface area (Å²) in [6, 6.07) is 5.64. The second-order valence-electron chi connectivity index (χ2n) is 9.83. The van der Waals surface area contributed by atoms with Gasteiger partial charge in [-0.15, -0.1) is 0 Å². The molecule has 3 fully saturated rings. The molecule has 1 aliphatic carbocycles. The van der Waals surface area contributed by atoms with Gasteiger partial charge in [-0.25, -0.2) is 4.39 Å². The van der Waals surface area contributed by atoms with Crippen molar-refractivity contribution in [1.29, 1.82) is 0 Å². The fourth-order valence-electron chi connectivity index (χ4n) is 5.57. The van der Waals surface area contributed by atoms with Gasteiger partial charge in [0.2, 0.25) is 18.9 Å². The van der Waals surface area contributed by atoms with Crippen LogP contribution in [0.4, 0.5) is 4.39 Å². The SMILES string of the molecule is CN[C@@H]1[C@H](O)[C@H](NC)[C@H]2O[C@]3(O)[C@H](O[C@@H]2[C@H]1O)O[C@H](C)C[C@@]3(O)CNCCc1ccc(OCF)cc1. The van der Waals surface area contributed by atoms with Crippen LogP contribution in [0.5, 0.6) is 5.75 Å². The zero-order chi connectivity index (χ0) is 26.1. The maximum absolute atomic E-state index is 12.3. The van der Waals surface area contributed by atoms with E-state index in [0.717, 1.165) is 5.56 Å². The number of rotatable bonds is 9. The highest BCUT2D eigenvalue weighted by atomic mass is 19.1. The van der Waals surface area contributed by atoms with E-state index >= 15 is 0 Å². The topological polar surface area (TPSA) is 154 Å². The summed E-state index contributed by atoms with van der Waals surface area (Å²) in [7, 11) is 3.26. The van der Waals surface area contributed by atoms with Crippen LogP contribution in [0, 0.1) is 0 Å². The lowest BCUT2D eigenvalue weighted by atomic mass is 9.77. The lowest BCUT2D eigenvalue weighted by Gasteiger charge is -2.60. The number of alkyl halides is 1. The Balaban J connectivity index is 1.46. The van der Waals surface area contributed by atoms with Crippen molar-refractivity contribution < 1.29 is 43.8 Å². The predicted molar refractivity (Wildman–Crippen MR) is 126 cm³/mol. The van der Waals surface area contributed by atoms with E-state index in [1.54, 1.807) is 33.2 Å². The summed E-state index contributed by atoms with van der Waals surface area (Å²) in [6.45, 7) is 1.33. The Morgan fingerprint density at radius 3 is 2.36 bits per heavy atom. The van der Waals surface area contributed by atoms with E-state index in [2.05, 4.69) is 16.0 Å². The Morgan fingerprint density at radius 1 is 1.03 bits per heavy atom. The zero-order valence-corrected chi connectivity index (χ0v) is 20.8. The largest absolute Gasteiger partial charge is 0.463 e. The van der Waals surface area contributed by atoms with Crippen molar-refractivity contribution in [3.63, 3.8) is 0 Å². The van der Waals surface area contributed by atoms with E-state index in [-0.39, 0.29) is 13.0 Å². The van der Waals surface area contributed by atoms with E-state index in [1.807, 2.05) is 12.1 Å². The van der Waals surface area contributed by atoms with E-state index in [1.165, 1.54) is 0 Å². The molecule has 0 spiro atoms. The van der Waals surface area contributed by atoms with Gasteiger partial charge in [0.1, 0.15) is 29.7 Å². The van der Waals surface area contributed by atoms with Gasteiger partial charge in [0.25, 0.3) is 0 Å². The second kappa shape index (κ2) is 11.1. The number of halogens is 1. The van der Waals surface area contributed by atoms with E-state index in [0.29, 0.717) is 18.7 Å². The Morgan fingerprint density at radius 2 is 1.72 bits per heavy atom. The minimum Gasteiger partial charge on any atom is -0.463 e. The van der Waals surface area contributed by atoms with Crippen molar-refractivity contribution in [2.75, 3.05) is 34.0 Å². The molecule has 3 aliphatic rings. The van der Waals surface area contributed by atoms with Crippen LogP contribution in [-0.4, -0.2) is 115 Å². The van der Waals surface area contributed by atoms with E-state index < -0.39 is 67.1 Å². The average molecular weight is 516 g/mol. The zero-order valence-electron chi connectivity index (χ0n) is 20.8. The van der Waals surface area contributed by atoms with Crippen molar-refractivity contribution >= 4 is 0 Å². The molecule has 0 unspecified atom stereocenters. The van der Waals surface area contributed by atoms with Crippen molar-refractivity contribution in [2.24, 2.45) is 0 Å². The average Bonchev–Trinajstić information content (AvgIpc) is 2.84. The molecule has 1 aromatic rings. The van der Waals surface area contributed by atoms with Crippen LogP contribution in [0.3, 0.4) is 0 Å². The van der Waals surface area contributed by atoms with Gasteiger partial charge >= 0.3 is 0 Å². The van der Waals surface area contributed by atoms with Crippen molar-refractivity contribution in [1.82, 2.24) is 16.0 Å². The number of benzene rings is 1. The van der Waals surface area contributed by atoms with Gasteiger partial charge < -0.3 is 55.3 Å². The summed E-state index contributed by atoms with van der Waals surface area (Å²) in [5, 5.41) is 54.0. The first kappa shape index (κ1) is 27.6. The van der Waals surface area contributed by atoms with Gasteiger partial charge in [-0.1, -0.05) is 12.1 Å². The van der Waals surface area contributed by atoms with Gasteiger partial charge in [-0.05, 0) is 51.7 Å². The van der Waals surface area contributed by atoms with Crippen molar-refractivity contribution in [3.05, 3.63) is 29.8 Å². The van der Waals surface area contributed by atoms with Crippen LogP contribution in [0.25, 0.3) is 0 Å². The van der Waals surface area contributed by atoms with Crippen LogP contribution < -0.4 is 20.7 Å². The molecule has 11 nitrogen and oxygen atoms in total. The number of fused-ring (bicyclic) bond motifs is 2. The Bertz CT molecular complexity index is 868. The van der Waals surface area contributed by atoms with Crippen molar-refractivity contribution in [2.45, 2.75) is 80.0 Å². The molecule has 0 amide bonds. The molecular weight excluding hydrogens is 477 g/mol. The highest BCUT2D eigenvalue weighted by molar-refractivity contribution is 5.27. The number of ether oxygens (including phenoxy) is 4. The number of aliphatic hydroxyl groups excluding tert-OH is 2. The second-order valence-corrected chi connectivity index (χ2v) is 9.83. The number of hydrogen-bond donors (Lipinski definition) is 7. The number of hydrogen-bond acceptors (Lipinski definition) is 11. The van der Waals surface area contributed by atoms with Gasteiger partial charge in [-0.2, -0.15) is 0 Å². The summed E-state index contributed by atoms with van der Waals surface area (Å²) in [4.78, 5) is 0. The van der Waals surface area contributed by atoms with E-state index in [9.17, 15) is 24.8 Å². The Hall–Kier alpha value is -1.45. The molecule has 4 rings (SSSR count). The van der Waals surface area contributed by atoms with Crippen LogP contribution in [0.15, 0.2) is 24.3 Å². The lowest BCUT2D eigenvalue weighted by molar-refractivity contribution is -0.482. The molecule has 2 aliphatic heterocycles. The fourth-order valence-corrected chi connectivity index (χ4v) is 5.57. The minimum absolute atomic E-state index is 0.0219. The smallest absolute Gasteiger partial charge is 0.249 e. The summed E-state index contributed by atoms with van der Waals surface area (Å²) in [5.41, 5.74) is -0.799. The lowest BCUT2D eigenvalue weighted by Crippen LogP contribution is -2.81. The number of aliphatic hydroxyl groups is 4. The number of nitrogens with one attached hydrogen (secondary N) is 3. The van der Waals surface area contributed by atoms with Crippen LogP contribution >= 0.6 is 0 Å². The molecule has 12 heteroatoms. The van der Waals surface area contributed by atoms with Crippen LogP contribution in [0.2, 0.25) is 0 Å². The molecule has 0 radical (unpaired) electrons. The molecular formula is C24H38FN3O8. The maximum atomic E-state index is 12.3. The quantitative estimate of drug-likeness (QED) is 0.190. The summed E-state index contributed by atoms with van der Waals surface area (Å²) in [6.07, 6.45) is -5.19. The molecule has 10 atom stereocenters. The monoisotopic (exact) mass is 515 g/mol. The first-order valence-electron chi connectivity index (χ1n) is 12.3. The first-order valence-corrected chi connectivity index (χ1v) is 12.3. The molecule has 36 heavy (non-hydrogen) atoms. The maximum Gasteiger partial charge on any atom is 0.249 e. The Kier molecular flexibility index (Phi) is 8.52. The molecule has 1 saturated carbocycles. The highest BCUT2D eigenvalue weighted by Gasteiger charge is 2.68. The molecule has 204 valence electrons. The standard InChI is InChI=1S/C24H38FN3O8/c1-13-10-23(31,11-28-9-8-14-4-6-15(7-5-14)33-12-25)24(32)22(34-13)35-21-19(30)16(26-2)18(29)17(27-3)20(21)36-24/h4-7,13,16-22,26-32H,8-12H2,1-3H3/t13-,16-,17+,18+,19+,20-,21-,22+,23-,24-/m1/s1. The third-order valence-corrected chi connectivity index (χ3v) is 7.50. The van der Waals surface area contributed by atoms with Gasteiger partial charge in [0.15, 0.2) is 0 Å². The summed E-state index contributed by atoms with van der Waals surface area (Å²) >= 11 is 0. The predicted octanol–water partition coefficient (Wildman–Crippen LogP) is -1.63. The molecule has 2 saturated heterocycles. The first-order chi connectivity index (χ1) is 17.2. The minimum atomic E-state index is -2.25. The van der Waals surface area contributed by atoms with Crippen LogP contribution in [0.1, 0.15) is 18.9 Å². The van der Waals surface area contributed by atoms with Gasteiger partial charge in [0.05, 0.1) is 24.3 Å². The molecule has 2 heterocycles. The number of likely N-dealkylation sites (N-methyl/N-ethyl adjacent to an activating group) is 2. The van der Waals surface area contributed by atoms with E-state index in [4.69, 9.17) is 18.9 Å². The summed E-state index contributed by atoms with van der Waals surface area (Å²) < 4.78 is 35.0. The third kappa shape index (κ3) is 4.99. The molecule has 0 aromatic heterocycles. The van der Waals surface area contributed by atoms with Gasteiger partial charge in [-0.3, -0.25) is 0 Å².